The van der Waals surface area contributed by atoms with E-state index >= 15 is 0 Å². The fourth-order valence-electron chi connectivity index (χ4n) is 1.70. The van der Waals surface area contributed by atoms with Gasteiger partial charge < -0.3 is 14.9 Å². The Hall–Kier alpha value is -2.35. The van der Waals surface area contributed by atoms with Gasteiger partial charge in [0, 0.05) is 18.6 Å². The van der Waals surface area contributed by atoms with Crippen LogP contribution in [0.1, 0.15) is 32.3 Å². The lowest BCUT2D eigenvalue weighted by molar-refractivity contribution is -0.389. The van der Waals surface area contributed by atoms with Crippen LogP contribution in [0.15, 0.2) is 18.3 Å². The Labute approximate surface area is 121 Å². The normalized spacial score (nSPS) is 11.6. The molecule has 2 rings (SSSR count). The molecule has 2 heterocycles. The van der Waals surface area contributed by atoms with Gasteiger partial charge in [-0.05, 0) is 4.92 Å². The van der Waals surface area contributed by atoms with Gasteiger partial charge in [0.1, 0.15) is 5.82 Å². The molecule has 0 aromatic carbocycles. The highest BCUT2D eigenvalue weighted by Crippen LogP contribution is 2.21. The van der Waals surface area contributed by atoms with E-state index in [1.54, 1.807) is 13.2 Å². The number of hydrogen-bond acceptors (Lipinski definition) is 6. The number of nitro groups is 1. The van der Waals surface area contributed by atoms with Gasteiger partial charge in [-0.3, -0.25) is 0 Å². The van der Waals surface area contributed by atoms with Gasteiger partial charge in [0.05, 0.1) is 29.7 Å². The Kier molecular flexibility index (Phi) is 3.99. The minimum atomic E-state index is -0.543. The van der Waals surface area contributed by atoms with Gasteiger partial charge in [-0.2, -0.15) is 0 Å². The van der Waals surface area contributed by atoms with Crippen LogP contribution in [0.25, 0.3) is 5.82 Å². The summed E-state index contributed by atoms with van der Waals surface area (Å²) in [6, 6.07) is 3.03. The van der Waals surface area contributed by atoms with E-state index in [1.807, 2.05) is 20.8 Å². The van der Waals surface area contributed by atoms with Crippen LogP contribution in [-0.4, -0.2) is 31.8 Å². The van der Waals surface area contributed by atoms with Crippen molar-refractivity contribution < 1.29 is 9.66 Å². The molecule has 0 spiro atoms. The van der Waals surface area contributed by atoms with Crippen LogP contribution in [0.2, 0.25) is 0 Å². The molecule has 0 saturated heterocycles. The maximum Gasteiger partial charge on any atom is 0.390 e. The molecule has 21 heavy (non-hydrogen) atoms. The molecule has 8 heteroatoms. The van der Waals surface area contributed by atoms with Gasteiger partial charge >= 0.3 is 5.82 Å². The molecule has 8 nitrogen and oxygen atoms in total. The van der Waals surface area contributed by atoms with Gasteiger partial charge in [0.2, 0.25) is 0 Å². The molecule has 0 radical (unpaired) electrons. The molecule has 0 aliphatic rings. The maximum atomic E-state index is 10.7. The summed E-state index contributed by atoms with van der Waals surface area (Å²) >= 11 is 0. The number of hydrogen-bond donors (Lipinski definition) is 0. The Morgan fingerprint density at radius 1 is 1.38 bits per heavy atom. The first-order valence-electron chi connectivity index (χ1n) is 6.39. The van der Waals surface area contributed by atoms with E-state index in [4.69, 9.17) is 4.74 Å². The molecule has 0 N–H and O–H groups in total. The highest BCUT2D eigenvalue weighted by atomic mass is 16.6. The second kappa shape index (κ2) is 5.57. The van der Waals surface area contributed by atoms with E-state index < -0.39 is 4.92 Å². The van der Waals surface area contributed by atoms with Crippen LogP contribution in [0.3, 0.4) is 0 Å². The number of rotatable bonds is 4. The summed E-state index contributed by atoms with van der Waals surface area (Å²) < 4.78 is 6.47. The number of methoxy groups -OCH3 is 1. The van der Waals surface area contributed by atoms with Crippen molar-refractivity contribution in [1.82, 2.24) is 19.7 Å². The molecular weight excluding hydrogens is 274 g/mol. The molecule has 0 atom stereocenters. The molecule has 2 aromatic heterocycles. The Bertz CT molecular complexity index is 660. The second-order valence-corrected chi connectivity index (χ2v) is 5.60. The lowest BCUT2D eigenvalue weighted by Crippen LogP contribution is -2.19. The molecule has 0 fully saturated rings. The fraction of sp³-hybridized carbons (Fsp3) is 0.462. The number of aromatic nitrogens is 4. The molecule has 0 amide bonds. The number of nitrogens with zero attached hydrogens (tertiary/aromatic N) is 5. The summed E-state index contributed by atoms with van der Waals surface area (Å²) in [5, 5.41) is 14.6. The third-order valence-electron chi connectivity index (χ3n) is 2.73. The van der Waals surface area contributed by atoms with Crippen molar-refractivity contribution in [2.45, 2.75) is 32.8 Å². The highest BCUT2D eigenvalue weighted by Gasteiger charge is 2.21. The van der Waals surface area contributed by atoms with E-state index in [0.717, 1.165) is 0 Å². The smallest absolute Gasteiger partial charge is 0.378 e. The van der Waals surface area contributed by atoms with Crippen LogP contribution in [-0.2, 0) is 16.8 Å². The largest absolute Gasteiger partial charge is 0.390 e. The quantitative estimate of drug-likeness (QED) is 0.631. The SMILES string of the molecule is COCc1cc(-n2ccc([N+](=O)[O-])n2)nc(C(C)(C)C)n1. The lowest BCUT2D eigenvalue weighted by atomic mass is 9.95. The average Bonchev–Trinajstić information content (AvgIpc) is 2.87. The van der Waals surface area contributed by atoms with Crippen molar-refractivity contribution in [2.24, 2.45) is 0 Å². The Morgan fingerprint density at radius 2 is 2.10 bits per heavy atom. The van der Waals surface area contributed by atoms with E-state index in [1.165, 1.54) is 16.9 Å². The van der Waals surface area contributed by atoms with E-state index in [2.05, 4.69) is 15.1 Å². The second-order valence-electron chi connectivity index (χ2n) is 5.60. The Morgan fingerprint density at radius 3 is 2.62 bits per heavy atom. The summed E-state index contributed by atoms with van der Waals surface area (Å²) in [4.78, 5) is 19.1. The van der Waals surface area contributed by atoms with Crippen LogP contribution < -0.4 is 0 Å². The Balaban J connectivity index is 2.50. The van der Waals surface area contributed by atoms with Crippen molar-refractivity contribution in [3.63, 3.8) is 0 Å². The molecule has 0 unspecified atom stereocenters. The molecule has 2 aromatic rings. The van der Waals surface area contributed by atoms with E-state index in [-0.39, 0.29) is 11.2 Å². The predicted octanol–water partition coefficient (Wildman–Crippen LogP) is 2.01. The first-order chi connectivity index (χ1) is 9.81. The maximum absolute atomic E-state index is 10.7. The predicted molar refractivity (Wildman–Crippen MR) is 75.2 cm³/mol. The number of ether oxygens (including phenoxy) is 1. The van der Waals surface area contributed by atoms with Crippen LogP contribution in [0.4, 0.5) is 5.82 Å². The van der Waals surface area contributed by atoms with Crippen LogP contribution >= 0.6 is 0 Å². The molecule has 0 saturated carbocycles. The van der Waals surface area contributed by atoms with Crippen molar-refractivity contribution >= 4 is 5.82 Å². The van der Waals surface area contributed by atoms with Gasteiger partial charge in [-0.25, -0.2) is 9.97 Å². The molecule has 112 valence electrons. The fourth-order valence-corrected chi connectivity index (χ4v) is 1.70. The minimum absolute atomic E-state index is 0.223. The summed E-state index contributed by atoms with van der Waals surface area (Å²) in [6.45, 7) is 6.32. The minimum Gasteiger partial charge on any atom is -0.378 e. The third kappa shape index (κ3) is 3.40. The first-order valence-corrected chi connectivity index (χ1v) is 6.39. The van der Waals surface area contributed by atoms with E-state index in [9.17, 15) is 10.1 Å². The van der Waals surface area contributed by atoms with E-state index in [0.29, 0.717) is 23.9 Å². The standard InChI is InChI=1S/C13H17N5O3/c1-13(2,3)12-14-9(8-21-4)7-11(15-12)17-6-5-10(16-17)18(19)20/h5-7H,8H2,1-4H3. The van der Waals surface area contributed by atoms with Crippen molar-refractivity contribution in [3.05, 3.63) is 40.0 Å². The topological polar surface area (TPSA) is 96.0 Å². The van der Waals surface area contributed by atoms with Gasteiger partial charge in [0.25, 0.3) is 0 Å². The highest BCUT2D eigenvalue weighted by molar-refractivity contribution is 5.28. The summed E-state index contributed by atoms with van der Waals surface area (Å²) in [5.41, 5.74) is 0.447. The summed E-state index contributed by atoms with van der Waals surface area (Å²) in [5.74, 6) is 0.888. The van der Waals surface area contributed by atoms with Gasteiger partial charge in [-0.1, -0.05) is 20.8 Å². The van der Waals surface area contributed by atoms with Gasteiger partial charge in [0.15, 0.2) is 5.82 Å². The van der Waals surface area contributed by atoms with Crippen LogP contribution in [0, 0.1) is 10.1 Å². The first kappa shape index (κ1) is 15.0. The summed E-state index contributed by atoms with van der Waals surface area (Å²) in [7, 11) is 1.58. The van der Waals surface area contributed by atoms with Crippen molar-refractivity contribution in [2.75, 3.05) is 7.11 Å². The molecular formula is C13H17N5O3. The van der Waals surface area contributed by atoms with Crippen LogP contribution in [0.5, 0.6) is 0 Å². The van der Waals surface area contributed by atoms with Gasteiger partial charge in [-0.15, -0.1) is 4.68 Å². The summed E-state index contributed by atoms with van der Waals surface area (Å²) in [6.07, 6.45) is 1.50. The third-order valence-corrected chi connectivity index (χ3v) is 2.73. The molecule has 0 aliphatic heterocycles. The zero-order valence-electron chi connectivity index (χ0n) is 12.4. The molecule has 0 bridgehead atoms. The van der Waals surface area contributed by atoms with Crippen molar-refractivity contribution in [1.29, 1.82) is 0 Å². The van der Waals surface area contributed by atoms with Crippen molar-refractivity contribution in [3.8, 4) is 5.82 Å². The average molecular weight is 291 g/mol. The zero-order valence-corrected chi connectivity index (χ0v) is 12.4. The molecule has 0 aliphatic carbocycles. The lowest BCUT2D eigenvalue weighted by Gasteiger charge is -2.17. The zero-order chi connectivity index (χ0) is 15.6. The monoisotopic (exact) mass is 291 g/mol.